The molecular weight excluding hydrogens is 811 g/mol. The Bertz CT molecular complexity index is 2220. The molecule has 16 heteroatoms. The molecule has 0 saturated heterocycles. The van der Waals surface area contributed by atoms with Crippen LogP contribution in [-0.4, -0.2) is 61.9 Å². The Labute approximate surface area is 366 Å². The van der Waals surface area contributed by atoms with Crippen LogP contribution in [0.15, 0.2) is 49.1 Å². The lowest BCUT2D eigenvalue weighted by Gasteiger charge is -2.47. The van der Waals surface area contributed by atoms with Crippen molar-refractivity contribution in [3.63, 3.8) is 0 Å². The van der Waals surface area contributed by atoms with Crippen LogP contribution in [0.25, 0.3) is 22.4 Å². The number of nitrogens with one attached hydrogen (secondary N) is 2. The molecule has 0 unspecified atom stereocenters. The van der Waals surface area contributed by atoms with Crippen LogP contribution in [0, 0.1) is 41.3 Å². The first kappa shape index (κ1) is 47.0. The summed E-state index contributed by atoms with van der Waals surface area (Å²) in [5.74, 6) is -2.54. The minimum atomic E-state index is -0.818. The summed E-state index contributed by atoms with van der Waals surface area (Å²) in [6, 6.07) is 7.70. The van der Waals surface area contributed by atoms with Gasteiger partial charge in [0, 0.05) is 49.6 Å². The van der Waals surface area contributed by atoms with Crippen LogP contribution in [-0.2, 0) is 48.2 Å². The minimum Gasteiger partial charge on any atom is -0.461 e. The average Bonchev–Trinajstić information content (AvgIpc) is 3.68. The number of nitrogens with zero attached hydrogens (tertiary/aromatic N) is 4. The number of pyridine rings is 1. The van der Waals surface area contributed by atoms with Gasteiger partial charge >= 0.3 is 11.8 Å². The molecule has 63 heavy (non-hydrogen) atoms. The standard InChI is InChI=1S/C47H60F2N8O6/c1-28(2)35(22-34(58)8-4-3-7-19-50)46(61)55-39(9-5-6-10-41(51)60)40(59)20-29-11-13-30(14-12-29)26-63-47(62)43-32-17-15-31(16-18-32)36(43)23-42-56-45(54-27-57(42)49)38-25-53-44-37(38)21-33(48)24-52-44/h11-14,21,24-25,27-28,31-32,35-36,39,43H,3-10,15-20,22-23,26,50H2,1-2H3,(H3,51,55,60,61)/p+1/t31?,32?,35-,36-,39-,43-/m0/s1. The number of ketones is 2. The molecule has 0 spiro atoms. The number of primary amides is 1. The maximum atomic E-state index is 15.3. The highest BCUT2D eigenvalue weighted by Gasteiger charge is 2.49. The summed E-state index contributed by atoms with van der Waals surface area (Å²) in [7, 11) is 0. The molecule has 7 rings (SSSR count). The minimum absolute atomic E-state index is 0.00787. The van der Waals surface area contributed by atoms with Gasteiger partial charge in [-0.3, -0.25) is 24.0 Å². The summed E-state index contributed by atoms with van der Waals surface area (Å²) in [5.41, 5.74) is 13.3. The smallest absolute Gasteiger partial charge is 0.309 e. The van der Waals surface area contributed by atoms with Crippen molar-refractivity contribution in [1.29, 1.82) is 0 Å². The van der Waals surface area contributed by atoms with Crippen LogP contribution in [0.3, 0.4) is 0 Å². The van der Waals surface area contributed by atoms with Crippen LogP contribution in [0.4, 0.5) is 8.87 Å². The van der Waals surface area contributed by atoms with Gasteiger partial charge in [-0.1, -0.05) is 60.9 Å². The number of rotatable bonds is 24. The molecule has 3 aromatic heterocycles. The fraction of sp³-hybridized carbons (Fsp3) is 0.553. The SMILES string of the molecule is CC(C)[C@H](CC(=O)CCCCCN)C(=O)N[C@@H](CCCCC(N)=O)C(=O)Cc1ccc(COC(=O)[C@H]2C3CCC(CC3)[C@@H]2Cc2nc(-c3c[nH]c4ncc(F)cc34)nc[n+]2F)cc1. The maximum absolute atomic E-state index is 15.3. The van der Waals surface area contributed by atoms with Crippen LogP contribution in [0.2, 0.25) is 0 Å². The number of carbonyl (C=O) groups is 5. The van der Waals surface area contributed by atoms with Gasteiger partial charge in [0.05, 0.1) is 23.7 Å². The van der Waals surface area contributed by atoms with E-state index < -0.39 is 29.6 Å². The monoisotopic (exact) mass is 871 g/mol. The number of hydrogen-bond acceptors (Lipinski definition) is 10. The Kier molecular flexibility index (Phi) is 16.6. The molecule has 4 atom stereocenters. The van der Waals surface area contributed by atoms with Crippen LogP contribution < -0.4 is 21.6 Å². The Morgan fingerprint density at radius 2 is 1.67 bits per heavy atom. The van der Waals surface area contributed by atoms with Crippen molar-refractivity contribution in [3.05, 3.63) is 71.8 Å². The molecule has 3 aliphatic carbocycles. The summed E-state index contributed by atoms with van der Waals surface area (Å²) in [6.07, 6.45) is 12.0. The summed E-state index contributed by atoms with van der Waals surface area (Å²) < 4.78 is 35.3. The fourth-order valence-electron chi connectivity index (χ4n) is 9.43. The van der Waals surface area contributed by atoms with Gasteiger partial charge in [-0.25, -0.2) is 9.37 Å². The maximum Gasteiger partial charge on any atom is 0.309 e. The Morgan fingerprint density at radius 3 is 2.38 bits per heavy atom. The first-order chi connectivity index (χ1) is 30.3. The molecule has 0 aliphatic heterocycles. The molecule has 6 N–H and O–H groups in total. The average molecular weight is 872 g/mol. The third kappa shape index (κ3) is 12.6. The zero-order valence-corrected chi connectivity index (χ0v) is 36.3. The van der Waals surface area contributed by atoms with E-state index in [1.165, 1.54) is 6.07 Å². The summed E-state index contributed by atoms with van der Waals surface area (Å²) in [4.78, 5) is 81.5. The normalized spacial score (nSPS) is 19.2. The number of esters is 1. The third-order valence-electron chi connectivity index (χ3n) is 13.0. The molecule has 3 heterocycles. The molecule has 0 radical (unpaired) electrons. The van der Waals surface area contributed by atoms with Gasteiger partial charge in [-0.15, -0.1) is 0 Å². The first-order valence-corrected chi connectivity index (χ1v) is 22.5. The number of halogens is 2. The zero-order chi connectivity index (χ0) is 45.0. The predicted octanol–water partition coefficient (Wildman–Crippen LogP) is 5.91. The number of carbonyl (C=O) groups excluding carboxylic acids is 5. The summed E-state index contributed by atoms with van der Waals surface area (Å²) in [6.45, 7) is 4.36. The van der Waals surface area contributed by atoms with Gasteiger partial charge in [0.25, 0.3) is 12.2 Å². The lowest BCUT2D eigenvalue weighted by atomic mass is 9.57. The van der Waals surface area contributed by atoms with Gasteiger partial charge in [0.15, 0.2) is 5.78 Å². The number of H-pyrrole nitrogens is 1. The van der Waals surface area contributed by atoms with Crippen LogP contribution in [0.5, 0.6) is 0 Å². The first-order valence-electron chi connectivity index (χ1n) is 22.5. The predicted molar refractivity (Wildman–Crippen MR) is 230 cm³/mol. The Balaban J connectivity index is 1.07. The molecular formula is C47H61F2N8O6+. The lowest BCUT2D eigenvalue weighted by Crippen LogP contribution is -2.47. The van der Waals surface area contributed by atoms with Gasteiger partial charge in [-0.05, 0) is 108 Å². The van der Waals surface area contributed by atoms with E-state index in [0.717, 1.165) is 63.0 Å². The van der Waals surface area contributed by atoms with E-state index in [2.05, 4.69) is 25.3 Å². The van der Waals surface area contributed by atoms with E-state index in [1.807, 2.05) is 13.8 Å². The number of nitrogens with two attached hydrogens (primary N) is 2. The van der Waals surface area contributed by atoms with Crippen molar-refractivity contribution >= 4 is 40.4 Å². The number of aromatic nitrogens is 5. The number of hydrogen-bond donors (Lipinski definition) is 4. The molecule has 3 fully saturated rings. The number of benzene rings is 1. The number of fused-ring (bicyclic) bond motifs is 4. The largest absolute Gasteiger partial charge is 0.461 e. The highest BCUT2D eigenvalue weighted by atomic mass is 19.2. The second-order valence-corrected chi connectivity index (χ2v) is 17.8. The molecule has 1 aromatic carbocycles. The van der Waals surface area contributed by atoms with E-state index in [4.69, 9.17) is 16.2 Å². The highest BCUT2D eigenvalue weighted by Crippen LogP contribution is 2.50. The van der Waals surface area contributed by atoms with Crippen LogP contribution in [0.1, 0.15) is 114 Å². The molecule has 14 nitrogen and oxygen atoms in total. The van der Waals surface area contributed by atoms with E-state index in [1.54, 1.807) is 30.5 Å². The molecule has 2 amide bonds. The molecule has 3 saturated carbocycles. The van der Waals surface area contributed by atoms with Crippen molar-refractivity contribution in [2.45, 2.75) is 123 Å². The molecule has 4 aromatic rings. The second kappa shape index (κ2) is 22.2. The van der Waals surface area contributed by atoms with Crippen LogP contribution >= 0.6 is 0 Å². The van der Waals surface area contributed by atoms with E-state index in [0.29, 0.717) is 59.2 Å². The van der Waals surface area contributed by atoms with E-state index in [9.17, 15) is 28.4 Å². The Morgan fingerprint density at radius 1 is 0.952 bits per heavy atom. The van der Waals surface area contributed by atoms with Crippen molar-refractivity contribution in [2.24, 2.45) is 47.0 Å². The van der Waals surface area contributed by atoms with Gasteiger partial charge in [0.2, 0.25) is 11.8 Å². The number of aromatic amines is 1. The number of unbranched alkanes of at least 4 members (excludes halogenated alkanes) is 3. The summed E-state index contributed by atoms with van der Waals surface area (Å²) >= 11 is 0. The fourth-order valence-corrected chi connectivity index (χ4v) is 9.43. The third-order valence-corrected chi connectivity index (χ3v) is 13.0. The number of amides is 2. The Hall–Kier alpha value is -5.51. The van der Waals surface area contributed by atoms with Crippen molar-refractivity contribution in [2.75, 3.05) is 6.54 Å². The van der Waals surface area contributed by atoms with Crippen molar-refractivity contribution in [1.82, 2.24) is 25.3 Å². The molecule has 338 valence electrons. The van der Waals surface area contributed by atoms with Gasteiger partial charge in [-0.2, -0.15) is 0 Å². The van der Waals surface area contributed by atoms with Crippen molar-refractivity contribution in [3.8, 4) is 11.4 Å². The number of ether oxygens (including phenoxy) is 1. The zero-order valence-electron chi connectivity index (χ0n) is 36.3. The van der Waals surface area contributed by atoms with Crippen molar-refractivity contribution < 1.29 is 42.4 Å². The van der Waals surface area contributed by atoms with Gasteiger partial charge in [0.1, 0.15) is 23.9 Å². The summed E-state index contributed by atoms with van der Waals surface area (Å²) in [5, 5.41) is 3.41. The molecule has 3 aliphatic rings. The number of Topliss-reactive ketones (excluding diaryl/α,β-unsaturated/α-hetero) is 2. The topological polar surface area (TPSA) is 217 Å². The van der Waals surface area contributed by atoms with Gasteiger partial charge < -0.3 is 26.5 Å². The lowest BCUT2D eigenvalue weighted by molar-refractivity contribution is -0.854. The van der Waals surface area contributed by atoms with E-state index >= 15 is 4.48 Å². The van der Waals surface area contributed by atoms with E-state index in [-0.39, 0.29) is 91.1 Å². The molecule has 2 bridgehead atoms. The highest BCUT2D eigenvalue weighted by molar-refractivity contribution is 5.93. The second-order valence-electron chi connectivity index (χ2n) is 17.8. The quantitative estimate of drug-likeness (QED) is 0.0482.